The molecule has 1 heterocycles. The minimum Gasteiger partial charge on any atom is -0.380 e. The van der Waals surface area contributed by atoms with Crippen LogP contribution in [-0.2, 0) is 23.6 Å². The third-order valence-electron chi connectivity index (χ3n) is 3.25. The lowest BCUT2D eigenvalue weighted by Gasteiger charge is -2.25. The SMILES string of the molecule is CCOP(=O)(OCC)C1=Cc2cc(S(=O)(=O)NO)c(Cl)cc2NC1. The van der Waals surface area contributed by atoms with Crippen molar-refractivity contribution in [1.82, 2.24) is 4.89 Å². The predicted octanol–water partition coefficient (Wildman–Crippen LogP) is 3.04. The van der Waals surface area contributed by atoms with E-state index in [2.05, 4.69) is 5.32 Å². The van der Waals surface area contributed by atoms with Crippen LogP contribution >= 0.6 is 19.2 Å². The molecule has 0 spiro atoms. The van der Waals surface area contributed by atoms with Gasteiger partial charge in [0.15, 0.2) is 0 Å². The molecule has 0 saturated carbocycles. The van der Waals surface area contributed by atoms with Crippen LogP contribution in [0.1, 0.15) is 19.4 Å². The maximum absolute atomic E-state index is 12.8. The molecule has 1 aromatic rings. The Morgan fingerprint density at radius 1 is 1.33 bits per heavy atom. The van der Waals surface area contributed by atoms with Gasteiger partial charge in [-0.05, 0) is 37.6 Å². The molecule has 1 aliphatic rings. The third-order valence-corrected chi connectivity index (χ3v) is 7.01. The molecule has 0 bridgehead atoms. The minimum atomic E-state index is -4.15. The molecule has 1 aliphatic heterocycles. The molecule has 0 fully saturated rings. The molecule has 1 aromatic carbocycles. The Morgan fingerprint density at radius 3 is 2.50 bits per heavy atom. The topological polar surface area (TPSA) is 114 Å². The Kier molecular flexibility index (Phi) is 6.09. The summed E-state index contributed by atoms with van der Waals surface area (Å²) in [6, 6.07) is 2.69. The molecule has 0 saturated heterocycles. The fourth-order valence-corrected chi connectivity index (χ4v) is 5.05. The van der Waals surface area contributed by atoms with Crippen molar-refractivity contribution in [3.63, 3.8) is 0 Å². The summed E-state index contributed by atoms with van der Waals surface area (Å²) >= 11 is 5.96. The number of benzene rings is 1. The summed E-state index contributed by atoms with van der Waals surface area (Å²) in [6.07, 6.45) is 1.55. The zero-order valence-electron chi connectivity index (χ0n) is 13.1. The average Bonchev–Trinajstić information content (AvgIpc) is 2.54. The van der Waals surface area contributed by atoms with Crippen LogP contribution in [0.25, 0.3) is 6.08 Å². The van der Waals surface area contributed by atoms with Crippen LogP contribution in [-0.4, -0.2) is 33.4 Å². The van der Waals surface area contributed by atoms with E-state index in [0.29, 0.717) is 16.6 Å². The summed E-state index contributed by atoms with van der Waals surface area (Å²) in [7, 11) is -7.62. The van der Waals surface area contributed by atoms with Crippen molar-refractivity contribution in [1.29, 1.82) is 0 Å². The summed E-state index contributed by atoms with van der Waals surface area (Å²) < 4.78 is 47.0. The molecule has 0 unspecified atom stereocenters. The van der Waals surface area contributed by atoms with Crippen molar-refractivity contribution in [3.05, 3.63) is 28.0 Å². The van der Waals surface area contributed by atoms with Gasteiger partial charge in [-0.1, -0.05) is 16.5 Å². The first-order chi connectivity index (χ1) is 11.3. The van der Waals surface area contributed by atoms with Gasteiger partial charge in [-0.2, -0.15) is 0 Å². The van der Waals surface area contributed by atoms with Gasteiger partial charge in [-0.3, -0.25) is 4.57 Å². The van der Waals surface area contributed by atoms with Crippen LogP contribution in [0, 0.1) is 0 Å². The Hall–Kier alpha value is -0.930. The van der Waals surface area contributed by atoms with E-state index < -0.39 is 17.6 Å². The van der Waals surface area contributed by atoms with Gasteiger partial charge in [-0.25, -0.2) is 8.42 Å². The largest absolute Gasteiger partial charge is 0.380 e. The van der Waals surface area contributed by atoms with Crippen LogP contribution in [0.15, 0.2) is 22.3 Å². The molecule has 2 rings (SSSR count). The average molecular weight is 397 g/mol. The van der Waals surface area contributed by atoms with Gasteiger partial charge in [0.1, 0.15) is 4.90 Å². The van der Waals surface area contributed by atoms with Gasteiger partial charge in [0, 0.05) is 12.2 Å². The van der Waals surface area contributed by atoms with Crippen LogP contribution in [0.3, 0.4) is 0 Å². The quantitative estimate of drug-likeness (QED) is 0.479. The lowest BCUT2D eigenvalue weighted by Crippen LogP contribution is -2.20. The Labute approximate surface area is 145 Å². The van der Waals surface area contributed by atoms with Crippen LogP contribution in [0.5, 0.6) is 0 Å². The molecule has 0 aliphatic carbocycles. The maximum Gasteiger partial charge on any atom is 0.359 e. The molecule has 11 heteroatoms. The van der Waals surface area contributed by atoms with E-state index in [1.54, 1.807) is 19.9 Å². The molecule has 0 aromatic heterocycles. The number of halogens is 1. The predicted molar refractivity (Wildman–Crippen MR) is 90.9 cm³/mol. The highest BCUT2D eigenvalue weighted by Crippen LogP contribution is 2.57. The molecular formula is C13H18ClN2O6PS. The van der Waals surface area contributed by atoms with Crippen LogP contribution in [0.2, 0.25) is 5.02 Å². The first kappa shape index (κ1) is 19.4. The minimum absolute atomic E-state index is 0.0579. The van der Waals surface area contributed by atoms with E-state index in [0.717, 1.165) is 0 Å². The number of nitrogens with one attached hydrogen (secondary N) is 2. The van der Waals surface area contributed by atoms with Crippen molar-refractivity contribution in [2.24, 2.45) is 0 Å². The summed E-state index contributed by atoms with van der Waals surface area (Å²) in [5.41, 5.74) is 1.01. The lowest BCUT2D eigenvalue weighted by molar-refractivity contribution is 0.226. The fourth-order valence-electron chi connectivity index (χ4n) is 2.23. The fraction of sp³-hybridized carbons (Fsp3) is 0.385. The third kappa shape index (κ3) is 3.83. The van der Waals surface area contributed by atoms with E-state index in [1.165, 1.54) is 17.0 Å². The van der Waals surface area contributed by atoms with Gasteiger partial charge >= 0.3 is 7.60 Å². The van der Waals surface area contributed by atoms with E-state index >= 15 is 0 Å². The highest BCUT2D eigenvalue weighted by Gasteiger charge is 2.32. The highest BCUT2D eigenvalue weighted by molar-refractivity contribution is 7.89. The molecule has 134 valence electrons. The number of hydrogen-bond acceptors (Lipinski definition) is 7. The zero-order valence-corrected chi connectivity index (χ0v) is 15.5. The number of hydrogen-bond donors (Lipinski definition) is 3. The first-order valence-electron chi connectivity index (χ1n) is 7.11. The Bertz CT molecular complexity index is 801. The standard InChI is InChI=1S/C13H18ClN2O6PS/c1-3-21-23(18,22-4-2)10-5-9-6-13(24(19,20)16-17)11(14)7-12(9)15-8-10/h5-7,15-17H,3-4,8H2,1-2H3. The number of anilines is 1. The van der Waals surface area contributed by atoms with Crippen molar-refractivity contribution >= 4 is 41.0 Å². The molecule has 8 nitrogen and oxygen atoms in total. The smallest absolute Gasteiger partial charge is 0.359 e. The normalized spacial score (nSPS) is 14.8. The summed E-state index contributed by atoms with van der Waals surface area (Å²) in [4.78, 5) is 0.931. The van der Waals surface area contributed by atoms with Crippen molar-refractivity contribution in [3.8, 4) is 0 Å². The van der Waals surface area contributed by atoms with Gasteiger partial charge < -0.3 is 19.6 Å². The number of sulfonamides is 1. The van der Waals surface area contributed by atoms with Crippen LogP contribution in [0.4, 0.5) is 5.69 Å². The molecule has 0 radical (unpaired) electrons. The second kappa shape index (κ2) is 7.53. The molecule has 24 heavy (non-hydrogen) atoms. The first-order valence-corrected chi connectivity index (χ1v) is 10.5. The van der Waals surface area contributed by atoms with Crippen molar-refractivity contribution in [2.75, 3.05) is 25.1 Å². The van der Waals surface area contributed by atoms with Gasteiger partial charge in [0.2, 0.25) is 0 Å². The van der Waals surface area contributed by atoms with Crippen LogP contribution < -0.4 is 10.2 Å². The second-order valence-corrected chi connectivity index (χ2v) is 8.91. The maximum atomic E-state index is 12.8. The molecule has 0 atom stereocenters. The Morgan fingerprint density at radius 2 is 1.96 bits per heavy atom. The van der Waals surface area contributed by atoms with E-state index in [4.69, 9.17) is 25.9 Å². The van der Waals surface area contributed by atoms with Gasteiger partial charge in [0.05, 0.1) is 23.6 Å². The lowest BCUT2D eigenvalue weighted by atomic mass is 10.1. The highest BCUT2D eigenvalue weighted by atomic mass is 35.5. The molecular weight excluding hydrogens is 379 g/mol. The van der Waals surface area contributed by atoms with Crippen molar-refractivity contribution < 1.29 is 27.2 Å². The van der Waals surface area contributed by atoms with Crippen molar-refractivity contribution in [2.45, 2.75) is 18.7 Å². The zero-order chi connectivity index (χ0) is 18.0. The van der Waals surface area contributed by atoms with Gasteiger partial charge in [-0.15, -0.1) is 0 Å². The van der Waals surface area contributed by atoms with E-state index in [1.807, 2.05) is 0 Å². The van der Waals surface area contributed by atoms with E-state index in [9.17, 15) is 13.0 Å². The molecule has 3 N–H and O–H groups in total. The Balaban J connectivity index is 2.54. The number of rotatable bonds is 7. The number of fused-ring (bicyclic) bond motifs is 1. The monoisotopic (exact) mass is 396 g/mol. The second-order valence-electron chi connectivity index (χ2n) is 4.79. The summed E-state index contributed by atoms with van der Waals surface area (Å²) in [5, 5.41) is 12.1. The molecule has 0 amide bonds. The summed E-state index contributed by atoms with van der Waals surface area (Å²) in [5.74, 6) is 0. The summed E-state index contributed by atoms with van der Waals surface area (Å²) in [6.45, 7) is 4.03. The van der Waals surface area contributed by atoms with E-state index in [-0.39, 0.29) is 29.7 Å². The van der Waals surface area contributed by atoms with Gasteiger partial charge in [0.25, 0.3) is 10.0 Å².